The van der Waals surface area contributed by atoms with Crippen LogP contribution in [0.2, 0.25) is 0 Å². The van der Waals surface area contributed by atoms with Crippen LogP contribution in [0.4, 0.5) is 0 Å². The molecule has 0 fully saturated rings. The lowest BCUT2D eigenvalue weighted by atomic mass is 10.1. The summed E-state index contributed by atoms with van der Waals surface area (Å²) in [5.74, 6) is 0.320. The lowest BCUT2D eigenvalue weighted by Crippen LogP contribution is -2.13. The maximum atomic E-state index is 12.9. The Hall–Kier alpha value is -3.00. The number of benzene rings is 2. The van der Waals surface area contributed by atoms with Gasteiger partial charge in [-0.1, -0.05) is 18.2 Å². The first-order valence-electron chi connectivity index (χ1n) is 7.28. The number of aromatic hydroxyl groups is 1. The van der Waals surface area contributed by atoms with Gasteiger partial charge in [0, 0.05) is 18.0 Å². The third-order valence-electron chi connectivity index (χ3n) is 3.65. The zero-order chi connectivity index (χ0) is 18.0. The number of nitrogens with zero attached hydrogens (tertiary/aromatic N) is 2. The largest absolute Gasteiger partial charge is 0.502 e. The van der Waals surface area contributed by atoms with E-state index in [1.807, 2.05) is 0 Å². The SMILES string of the molecule is COc1cc(-c2nccn2S(=O)(=O)c2ccccc2)cc(OC)c1O. The third-order valence-corrected chi connectivity index (χ3v) is 5.33. The van der Waals surface area contributed by atoms with E-state index in [0.717, 1.165) is 3.97 Å². The lowest BCUT2D eigenvalue weighted by Gasteiger charge is -2.13. The first-order chi connectivity index (χ1) is 12.0. The van der Waals surface area contributed by atoms with Crippen LogP contribution >= 0.6 is 0 Å². The summed E-state index contributed by atoms with van der Waals surface area (Å²) in [6.45, 7) is 0. The van der Waals surface area contributed by atoms with Gasteiger partial charge in [0.05, 0.1) is 19.1 Å². The molecule has 0 aliphatic heterocycles. The summed E-state index contributed by atoms with van der Waals surface area (Å²) in [4.78, 5) is 4.30. The van der Waals surface area contributed by atoms with Crippen molar-refractivity contribution in [2.45, 2.75) is 4.90 Å². The monoisotopic (exact) mass is 360 g/mol. The Morgan fingerprint density at radius 3 is 2.20 bits per heavy atom. The zero-order valence-corrected chi connectivity index (χ0v) is 14.4. The molecule has 0 aliphatic carbocycles. The predicted octanol–water partition coefficient (Wildman–Crippen LogP) is 2.51. The van der Waals surface area contributed by atoms with E-state index in [9.17, 15) is 13.5 Å². The highest BCUT2D eigenvalue weighted by molar-refractivity contribution is 7.90. The van der Waals surface area contributed by atoms with Gasteiger partial charge in [-0.15, -0.1) is 0 Å². The summed E-state index contributed by atoms with van der Waals surface area (Å²) in [5.41, 5.74) is 0.427. The van der Waals surface area contributed by atoms with E-state index in [1.165, 1.54) is 50.9 Å². The molecule has 1 aromatic heterocycles. The molecular formula is C17H16N2O5S. The fourth-order valence-corrected chi connectivity index (χ4v) is 3.74. The number of methoxy groups -OCH3 is 2. The van der Waals surface area contributed by atoms with Crippen molar-refractivity contribution in [3.63, 3.8) is 0 Å². The number of hydrogen-bond acceptors (Lipinski definition) is 6. The summed E-state index contributed by atoms with van der Waals surface area (Å²) in [6.07, 6.45) is 2.76. The van der Waals surface area contributed by atoms with Crippen LogP contribution in [0.1, 0.15) is 0 Å². The maximum absolute atomic E-state index is 12.9. The van der Waals surface area contributed by atoms with Crippen LogP contribution in [0.5, 0.6) is 17.2 Å². The second kappa shape index (κ2) is 6.48. The van der Waals surface area contributed by atoms with E-state index < -0.39 is 10.0 Å². The van der Waals surface area contributed by atoms with Crippen molar-refractivity contribution in [1.29, 1.82) is 0 Å². The van der Waals surface area contributed by atoms with Crippen molar-refractivity contribution in [2.24, 2.45) is 0 Å². The maximum Gasteiger partial charge on any atom is 0.269 e. The van der Waals surface area contributed by atoms with E-state index in [4.69, 9.17) is 9.47 Å². The molecule has 0 aliphatic rings. The molecule has 7 nitrogen and oxygen atoms in total. The molecule has 2 aromatic carbocycles. The first kappa shape index (κ1) is 16.8. The zero-order valence-electron chi connectivity index (χ0n) is 13.6. The van der Waals surface area contributed by atoms with Crippen molar-refractivity contribution in [3.05, 3.63) is 54.9 Å². The molecule has 1 N–H and O–H groups in total. The van der Waals surface area contributed by atoms with Crippen molar-refractivity contribution in [3.8, 4) is 28.6 Å². The summed E-state index contributed by atoms with van der Waals surface area (Å²) in [7, 11) is -1.03. The van der Waals surface area contributed by atoms with E-state index in [1.54, 1.807) is 18.2 Å². The van der Waals surface area contributed by atoms with E-state index in [2.05, 4.69) is 4.98 Å². The minimum Gasteiger partial charge on any atom is -0.502 e. The molecule has 0 saturated carbocycles. The third kappa shape index (κ3) is 2.91. The normalized spacial score (nSPS) is 11.3. The standard InChI is InChI=1S/C17H16N2O5S/c1-23-14-10-12(11-15(24-2)16(14)20)17-18-8-9-19(17)25(21,22)13-6-4-3-5-7-13/h3-11,20H,1-2H3. The highest BCUT2D eigenvalue weighted by Crippen LogP contribution is 2.40. The Labute approximate surface area is 145 Å². The Bertz CT molecular complexity index is 972. The molecular weight excluding hydrogens is 344 g/mol. The van der Waals surface area contributed by atoms with Crippen LogP contribution in [0, 0.1) is 0 Å². The van der Waals surface area contributed by atoms with E-state index >= 15 is 0 Å². The minimum absolute atomic E-state index is 0.145. The number of hydrogen-bond donors (Lipinski definition) is 1. The first-order valence-corrected chi connectivity index (χ1v) is 8.72. The Kier molecular flexibility index (Phi) is 4.37. The molecule has 0 atom stereocenters. The van der Waals surface area contributed by atoms with Gasteiger partial charge in [-0.3, -0.25) is 0 Å². The van der Waals surface area contributed by atoms with Gasteiger partial charge >= 0.3 is 0 Å². The Morgan fingerprint density at radius 2 is 1.64 bits per heavy atom. The molecule has 25 heavy (non-hydrogen) atoms. The second-order valence-corrected chi connectivity index (χ2v) is 6.91. The molecule has 0 radical (unpaired) electrons. The van der Waals surface area contributed by atoms with Gasteiger partial charge < -0.3 is 14.6 Å². The number of phenolic OH excluding ortho intramolecular Hbond substituents is 1. The summed E-state index contributed by atoms with van der Waals surface area (Å²) in [5, 5.41) is 10.0. The van der Waals surface area contributed by atoms with Crippen LogP contribution in [0.25, 0.3) is 11.4 Å². The fourth-order valence-electron chi connectivity index (χ4n) is 2.42. The summed E-state index contributed by atoms with van der Waals surface area (Å²) >= 11 is 0. The Balaban J connectivity index is 2.18. The van der Waals surface area contributed by atoms with Gasteiger partial charge in [0.1, 0.15) is 0 Å². The number of imidazole rings is 1. The number of phenols is 1. The summed E-state index contributed by atoms with van der Waals surface area (Å²) in [6, 6.07) is 11.1. The molecule has 0 bridgehead atoms. The van der Waals surface area contributed by atoms with Crippen LogP contribution in [-0.4, -0.2) is 36.7 Å². The quantitative estimate of drug-likeness (QED) is 0.752. The molecule has 0 saturated heterocycles. The predicted molar refractivity (Wildman–Crippen MR) is 91.5 cm³/mol. The number of ether oxygens (including phenoxy) is 2. The van der Waals surface area contributed by atoms with Gasteiger partial charge in [0.2, 0.25) is 5.75 Å². The minimum atomic E-state index is -3.81. The average molecular weight is 360 g/mol. The number of rotatable bonds is 5. The molecule has 3 aromatic rings. The molecule has 130 valence electrons. The highest BCUT2D eigenvalue weighted by Gasteiger charge is 2.22. The average Bonchev–Trinajstić information content (AvgIpc) is 3.13. The smallest absolute Gasteiger partial charge is 0.269 e. The van der Waals surface area contributed by atoms with Crippen LogP contribution < -0.4 is 9.47 Å². The molecule has 0 unspecified atom stereocenters. The molecule has 0 amide bonds. The van der Waals surface area contributed by atoms with Gasteiger partial charge in [0.15, 0.2) is 17.3 Å². The van der Waals surface area contributed by atoms with Gasteiger partial charge in [-0.2, -0.15) is 0 Å². The van der Waals surface area contributed by atoms with Crippen molar-refractivity contribution in [1.82, 2.24) is 8.96 Å². The topological polar surface area (TPSA) is 90.7 Å². The Morgan fingerprint density at radius 1 is 1.04 bits per heavy atom. The van der Waals surface area contributed by atoms with Crippen LogP contribution in [0.3, 0.4) is 0 Å². The van der Waals surface area contributed by atoms with Gasteiger partial charge in [-0.25, -0.2) is 17.4 Å². The van der Waals surface area contributed by atoms with E-state index in [0.29, 0.717) is 5.56 Å². The van der Waals surface area contributed by atoms with Gasteiger partial charge in [-0.05, 0) is 24.3 Å². The molecule has 1 heterocycles. The summed E-state index contributed by atoms with van der Waals surface area (Å²) < 4.78 is 37.1. The number of aromatic nitrogens is 2. The molecule has 8 heteroatoms. The van der Waals surface area contributed by atoms with Crippen molar-refractivity contribution >= 4 is 10.0 Å². The lowest BCUT2D eigenvalue weighted by molar-refractivity contribution is 0.340. The van der Waals surface area contributed by atoms with Gasteiger partial charge in [0.25, 0.3) is 10.0 Å². The van der Waals surface area contributed by atoms with Crippen LogP contribution in [-0.2, 0) is 10.0 Å². The fraction of sp³-hybridized carbons (Fsp3) is 0.118. The van der Waals surface area contributed by atoms with Crippen molar-refractivity contribution < 1.29 is 23.0 Å². The molecule has 3 rings (SSSR count). The molecule has 0 spiro atoms. The van der Waals surface area contributed by atoms with Crippen LogP contribution in [0.15, 0.2) is 59.8 Å². The second-order valence-electron chi connectivity index (χ2n) is 5.09. The van der Waals surface area contributed by atoms with E-state index in [-0.39, 0.29) is 28.0 Å². The van der Waals surface area contributed by atoms with Crippen molar-refractivity contribution in [2.75, 3.05) is 14.2 Å². The highest BCUT2D eigenvalue weighted by atomic mass is 32.2.